The van der Waals surface area contributed by atoms with Gasteiger partial charge in [0.2, 0.25) is 0 Å². The summed E-state index contributed by atoms with van der Waals surface area (Å²) in [6.07, 6.45) is 6.80. The summed E-state index contributed by atoms with van der Waals surface area (Å²) >= 11 is 0. The van der Waals surface area contributed by atoms with Crippen LogP contribution in [0.25, 0.3) is 17.2 Å². The Morgan fingerprint density at radius 1 is 0.692 bits per heavy atom. The van der Waals surface area contributed by atoms with Gasteiger partial charge in [-0.2, -0.15) is 0 Å². The molecule has 1 heterocycles. The molecule has 0 radical (unpaired) electrons. The topological polar surface area (TPSA) is 60.7 Å². The summed E-state index contributed by atoms with van der Waals surface area (Å²) < 4.78 is 14.4. The summed E-state index contributed by atoms with van der Waals surface area (Å²) in [5, 5.41) is 9.18. The molecule has 0 unspecified atom stereocenters. The van der Waals surface area contributed by atoms with Crippen LogP contribution in [0, 0.1) is 0 Å². The van der Waals surface area contributed by atoms with Crippen molar-refractivity contribution in [1.29, 1.82) is 0 Å². The number of rotatable bonds is 11. The zero-order valence-electron chi connectivity index (χ0n) is 21.4. The van der Waals surface area contributed by atoms with Crippen molar-refractivity contribution in [3.05, 3.63) is 150 Å². The number of carboxylic acids is 1. The Bertz CT molecular complexity index is 1480. The first-order valence-electron chi connectivity index (χ1n) is 12.8. The number of aliphatic carboxylic acids is 1. The molecule has 0 fully saturated rings. The van der Waals surface area contributed by atoms with E-state index in [-0.39, 0.29) is 0 Å². The molecule has 4 aromatic carbocycles. The van der Waals surface area contributed by atoms with Gasteiger partial charge in [0.15, 0.2) is 0 Å². The zero-order valence-corrected chi connectivity index (χ0v) is 21.4. The quantitative estimate of drug-likeness (QED) is 0.186. The number of carbonyl (C=O) groups is 1. The van der Waals surface area contributed by atoms with Gasteiger partial charge in [0.05, 0.1) is 0 Å². The van der Waals surface area contributed by atoms with Crippen molar-refractivity contribution < 1.29 is 19.4 Å². The number of hydrogen-bond donors (Lipinski definition) is 1. The van der Waals surface area contributed by atoms with Crippen LogP contribution < -0.4 is 9.47 Å². The van der Waals surface area contributed by atoms with Crippen LogP contribution in [0.4, 0.5) is 0 Å². The molecule has 5 heteroatoms. The lowest BCUT2D eigenvalue weighted by molar-refractivity contribution is -0.131. The van der Waals surface area contributed by atoms with Crippen LogP contribution in [0.2, 0.25) is 0 Å². The van der Waals surface area contributed by atoms with E-state index in [0.29, 0.717) is 19.8 Å². The summed E-state index contributed by atoms with van der Waals surface area (Å²) in [7, 11) is 0. The normalized spacial score (nSPS) is 11.0. The van der Waals surface area contributed by atoms with Crippen molar-refractivity contribution in [3.8, 4) is 22.6 Å². The summed E-state index contributed by atoms with van der Waals surface area (Å²) in [5.74, 6) is 0.465. The maximum Gasteiger partial charge on any atom is 0.328 e. The maximum atomic E-state index is 11.2. The first-order chi connectivity index (χ1) is 19.1. The molecule has 0 spiro atoms. The average molecular weight is 516 g/mol. The van der Waals surface area contributed by atoms with Crippen molar-refractivity contribution in [2.24, 2.45) is 0 Å². The highest BCUT2D eigenvalue weighted by molar-refractivity contribution is 5.87. The van der Waals surface area contributed by atoms with Crippen molar-refractivity contribution >= 4 is 12.0 Å². The second kappa shape index (κ2) is 12.5. The fraction of sp³-hybridized carbons (Fsp3) is 0.0882. The Morgan fingerprint density at radius 3 is 1.77 bits per heavy atom. The Labute approximate surface area is 228 Å². The molecule has 1 aromatic heterocycles. The lowest BCUT2D eigenvalue weighted by Gasteiger charge is -2.13. The van der Waals surface area contributed by atoms with E-state index < -0.39 is 5.97 Å². The predicted molar refractivity (Wildman–Crippen MR) is 154 cm³/mol. The predicted octanol–water partition coefficient (Wildman–Crippen LogP) is 7.46. The van der Waals surface area contributed by atoms with Gasteiger partial charge >= 0.3 is 5.97 Å². The molecule has 0 saturated carbocycles. The zero-order chi connectivity index (χ0) is 26.9. The number of ether oxygens (including phenoxy) is 2. The molecule has 5 rings (SSSR count). The van der Waals surface area contributed by atoms with Crippen LogP contribution >= 0.6 is 0 Å². The first-order valence-corrected chi connectivity index (χ1v) is 12.8. The van der Waals surface area contributed by atoms with Gasteiger partial charge < -0.3 is 19.1 Å². The van der Waals surface area contributed by atoms with Gasteiger partial charge in [0.25, 0.3) is 0 Å². The smallest absolute Gasteiger partial charge is 0.328 e. The fourth-order valence-corrected chi connectivity index (χ4v) is 4.35. The maximum absolute atomic E-state index is 11.2. The molecule has 0 bridgehead atoms. The molecule has 0 saturated heterocycles. The van der Waals surface area contributed by atoms with E-state index >= 15 is 0 Å². The van der Waals surface area contributed by atoms with E-state index in [0.717, 1.165) is 44.9 Å². The van der Waals surface area contributed by atoms with E-state index in [2.05, 4.69) is 4.57 Å². The Hall–Kier alpha value is -5.03. The van der Waals surface area contributed by atoms with Crippen molar-refractivity contribution in [2.45, 2.75) is 19.8 Å². The van der Waals surface area contributed by atoms with E-state index in [9.17, 15) is 9.90 Å². The largest absolute Gasteiger partial charge is 0.489 e. The second-order valence-corrected chi connectivity index (χ2v) is 9.20. The van der Waals surface area contributed by atoms with Crippen LogP contribution in [-0.4, -0.2) is 15.6 Å². The van der Waals surface area contributed by atoms with Crippen LogP contribution in [0.1, 0.15) is 22.3 Å². The Morgan fingerprint density at radius 2 is 1.23 bits per heavy atom. The molecule has 194 valence electrons. The molecule has 0 aliphatic carbocycles. The van der Waals surface area contributed by atoms with Gasteiger partial charge in [-0.15, -0.1) is 0 Å². The van der Waals surface area contributed by atoms with Crippen molar-refractivity contribution in [2.75, 3.05) is 0 Å². The average Bonchev–Trinajstić information content (AvgIpc) is 3.38. The monoisotopic (exact) mass is 515 g/mol. The van der Waals surface area contributed by atoms with Crippen molar-refractivity contribution in [1.82, 2.24) is 4.57 Å². The standard InChI is InChI=1S/C34H29NO4/c36-34(37)17-16-30-22-35(23-33(30)29-14-8-3-9-15-29)21-28-18-31(38-24-26-10-4-1-5-11-26)20-32(19-28)39-25-27-12-6-2-7-13-27/h1-20,22-23H,21,24-25H2,(H,36,37)/b17-16+. The third kappa shape index (κ3) is 7.27. The molecule has 1 N–H and O–H groups in total. The van der Waals surface area contributed by atoms with Crippen LogP contribution in [0.5, 0.6) is 11.5 Å². The van der Waals surface area contributed by atoms with E-state index in [1.54, 1.807) is 6.08 Å². The number of aromatic nitrogens is 1. The highest BCUT2D eigenvalue weighted by Crippen LogP contribution is 2.29. The molecular weight excluding hydrogens is 486 g/mol. The summed E-state index contributed by atoms with van der Waals surface area (Å²) in [5.41, 5.74) is 6.00. The SMILES string of the molecule is O=C(O)/C=C/c1cn(Cc2cc(OCc3ccccc3)cc(OCc3ccccc3)c2)cc1-c1ccccc1. The van der Waals surface area contributed by atoms with Gasteiger partial charge in [0.1, 0.15) is 24.7 Å². The number of carboxylic acid groups (broad SMARTS) is 1. The first kappa shape index (κ1) is 25.6. The van der Waals surface area contributed by atoms with Crippen molar-refractivity contribution in [3.63, 3.8) is 0 Å². The lowest BCUT2D eigenvalue weighted by Crippen LogP contribution is -2.02. The number of hydrogen-bond acceptors (Lipinski definition) is 3. The molecule has 5 nitrogen and oxygen atoms in total. The summed E-state index contributed by atoms with van der Waals surface area (Å²) in [4.78, 5) is 11.2. The van der Waals surface area contributed by atoms with E-state index in [1.165, 1.54) is 6.08 Å². The van der Waals surface area contributed by atoms with Gasteiger partial charge in [-0.25, -0.2) is 4.79 Å². The van der Waals surface area contributed by atoms with Gasteiger partial charge in [-0.1, -0.05) is 91.0 Å². The lowest BCUT2D eigenvalue weighted by atomic mass is 10.0. The van der Waals surface area contributed by atoms with Crippen LogP contribution in [0.15, 0.2) is 128 Å². The van der Waals surface area contributed by atoms with E-state index in [1.807, 2.05) is 122 Å². The minimum atomic E-state index is -0.981. The third-order valence-electron chi connectivity index (χ3n) is 6.20. The molecule has 0 aliphatic rings. The molecular formula is C34H29NO4. The molecule has 5 aromatic rings. The van der Waals surface area contributed by atoms with Crippen LogP contribution in [-0.2, 0) is 24.6 Å². The van der Waals surface area contributed by atoms with Crippen LogP contribution in [0.3, 0.4) is 0 Å². The van der Waals surface area contributed by atoms with Gasteiger partial charge in [-0.05, 0) is 40.5 Å². The summed E-state index contributed by atoms with van der Waals surface area (Å²) in [6, 6.07) is 36.0. The Balaban J connectivity index is 1.43. The minimum absolute atomic E-state index is 0.453. The van der Waals surface area contributed by atoms with Gasteiger partial charge in [0, 0.05) is 42.2 Å². The third-order valence-corrected chi connectivity index (χ3v) is 6.20. The minimum Gasteiger partial charge on any atom is -0.489 e. The molecule has 0 atom stereocenters. The number of benzene rings is 4. The highest BCUT2D eigenvalue weighted by atomic mass is 16.5. The summed E-state index contributed by atoms with van der Waals surface area (Å²) in [6.45, 7) is 1.47. The second-order valence-electron chi connectivity index (χ2n) is 9.20. The molecule has 39 heavy (non-hydrogen) atoms. The fourth-order valence-electron chi connectivity index (χ4n) is 4.35. The van der Waals surface area contributed by atoms with Gasteiger partial charge in [-0.3, -0.25) is 0 Å². The molecule has 0 aliphatic heterocycles. The number of nitrogens with zero attached hydrogens (tertiary/aromatic N) is 1. The van der Waals surface area contributed by atoms with E-state index in [4.69, 9.17) is 9.47 Å². The Kier molecular flexibility index (Phi) is 8.19. The highest BCUT2D eigenvalue weighted by Gasteiger charge is 2.10. The molecule has 0 amide bonds.